The van der Waals surface area contributed by atoms with E-state index in [1.54, 1.807) is 14.0 Å². The molecule has 0 fully saturated rings. The minimum atomic E-state index is -0.176. The van der Waals surface area contributed by atoms with E-state index in [1.165, 1.54) is 16.2 Å². The van der Waals surface area contributed by atoms with E-state index in [0.29, 0.717) is 6.42 Å². The van der Waals surface area contributed by atoms with E-state index < -0.39 is 0 Å². The molecule has 0 spiro atoms. The van der Waals surface area contributed by atoms with Crippen molar-refractivity contribution in [1.82, 2.24) is 9.88 Å². The maximum Gasteiger partial charge on any atom is 0.223 e. The van der Waals surface area contributed by atoms with Crippen molar-refractivity contribution in [2.45, 2.75) is 39.5 Å². The standard InChI is InChI=1S/C18H22N2O3S/c1-4-13(21)6-8-18(23)20(3)11-14(22)10-17-19-15-7-5-12(2)9-16(15)24-17/h5,7,9H,4,6,8,10-11H2,1-3H3. The van der Waals surface area contributed by atoms with Crippen LogP contribution in [-0.4, -0.2) is 40.9 Å². The van der Waals surface area contributed by atoms with E-state index in [2.05, 4.69) is 11.1 Å². The highest BCUT2D eigenvalue weighted by atomic mass is 32.1. The predicted octanol–water partition coefficient (Wildman–Crippen LogP) is 2.93. The molecule has 0 unspecified atom stereocenters. The van der Waals surface area contributed by atoms with Crippen LogP contribution >= 0.6 is 11.3 Å². The fourth-order valence-corrected chi connectivity index (χ4v) is 3.44. The van der Waals surface area contributed by atoms with E-state index in [-0.39, 0.29) is 43.3 Å². The van der Waals surface area contributed by atoms with Gasteiger partial charge in [0.2, 0.25) is 5.91 Å². The number of amides is 1. The molecule has 24 heavy (non-hydrogen) atoms. The summed E-state index contributed by atoms with van der Waals surface area (Å²) in [6, 6.07) is 6.01. The number of carbonyl (C=O) groups excluding carboxylic acids is 3. The van der Waals surface area contributed by atoms with Crippen molar-refractivity contribution in [2.24, 2.45) is 0 Å². The lowest BCUT2D eigenvalue weighted by Crippen LogP contribution is -2.32. The second kappa shape index (κ2) is 8.15. The summed E-state index contributed by atoms with van der Waals surface area (Å²) in [5.41, 5.74) is 2.06. The Balaban J connectivity index is 1.89. The Bertz CT molecular complexity index is 767. The summed E-state index contributed by atoms with van der Waals surface area (Å²) in [5.74, 6) is -0.165. The van der Waals surface area contributed by atoms with E-state index in [0.717, 1.165) is 20.8 Å². The first-order valence-electron chi connectivity index (χ1n) is 8.02. The van der Waals surface area contributed by atoms with Crippen LogP contribution in [0.4, 0.5) is 0 Å². The molecule has 0 aliphatic rings. The van der Waals surface area contributed by atoms with Crippen LogP contribution in [0.3, 0.4) is 0 Å². The normalized spacial score (nSPS) is 10.8. The molecule has 0 aliphatic heterocycles. The third-order valence-electron chi connectivity index (χ3n) is 3.79. The molecule has 128 valence electrons. The zero-order valence-electron chi connectivity index (χ0n) is 14.3. The minimum absolute atomic E-state index is 0.0497. The Morgan fingerprint density at radius 3 is 2.62 bits per heavy atom. The van der Waals surface area contributed by atoms with Crippen LogP contribution in [0.2, 0.25) is 0 Å². The average molecular weight is 346 g/mol. The lowest BCUT2D eigenvalue weighted by molar-refractivity contribution is -0.135. The number of Topliss-reactive ketones (excluding diaryl/α,β-unsaturated/α-hetero) is 2. The second-order valence-corrected chi connectivity index (χ2v) is 7.05. The lowest BCUT2D eigenvalue weighted by atomic mass is 10.1. The number of benzene rings is 1. The van der Waals surface area contributed by atoms with Crippen molar-refractivity contribution in [3.05, 3.63) is 28.8 Å². The largest absolute Gasteiger partial charge is 0.338 e. The molecule has 1 amide bonds. The van der Waals surface area contributed by atoms with Gasteiger partial charge in [0.05, 0.1) is 23.2 Å². The molecule has 0 saturated carbocycles. The van der Waals surface area contributed by atoms with Gasteiger partial charge in [-0.25, -0.2) is 4.98 Å². The molecular formula is C18H22N2O3S. The summed E-state index contributed by atoms with van der Waals surface area (Å²) in [6.07, 6.45) is 1.07. The summed E-state index contributed by atoms with van der Waals surface area (Å²) >= 11 is 1.51. The Hall–Kier alpha value is -2.08. The molecule has 0 atom stereocenters. The first kappa shape index (κ1) is 18.3. The number of rotatable bonds is 8. The summed E-state index contributed by atoms with van der Waals surface area (Å²) in [7, 11) is 1.60. The molecule has 0 aliphatic carbocycles. The van der Waals surface area contributed by atoms with Gasteiger partial charge in [-0.2, -0.15) is 0 Å². The first-order valence-corrected chi connectivity index (χ1v) is 8.84. The highest BCUT2D eigenvalue weighted by Crippen LogP contribution is 2.23. The molecule has 1 aromatic carbocycles. The SMILES string of the molecule is CCC(=O)CCC(=O)N(C)CC(=O)Cc1nc2ccc(C)cc2s1. The smallest absolute Gasteiger partial charge is 0.223 e. The Morgan fingerprint density at radius 2 is 1.92 bits per heavy atom. The van der Waals surface area contributed by atoms with Gasteiger partial charge >= 0.3 is 0 Å². The van der Waals surface area contributed by atoms with Crippen molar-refractivity contribution >= 4 is 39.0 Å². The predicted molar refractivity (Wildman–Crippen MR) is 95.2 cm³/mol. The number of ketones is 2. The van der Waals surface area contributed by atoms with Crippen molar-refractivity contribution < 1.29 is 14.4 Å². The molecule has 2 aromatic rings. The quantitative estimate of drug-likeness (QED) is 0.737. The number of aromatic nitrogens is 1. The number of carbonyl (C=O) groups is 3. The van der Waals surface area contributed by atoms with Gasteiger partial charge in [0.1, 0.15) is 10.8 Å². The Morgan fingerprint density at radius 1 is 1.17 bits per heavy atom. The minimum Gasteiger partial charge on any atom is -0.338 e. The fraction of sp³-hybridized carbons (Fsp3) is 0.444. The number of aryl methyl sites for hydroxylation is 1. The van der Waals surface area contributed by atoms with E-state index >= 15 is 0 Å². The highest BCUT2D eigenvalue weighted by molar-refractivity contribution is 7.18. The number of hydrogen-bond acceptors (Lipinski definition) is 5. The summed E-state index contributed by atoms with van der Waals surface area (Å²) in [6.45, 7) is 3.85. The molecule has 1 aromatic heterocycles. The summed E-state index contributed by atoms with van der Waals surface area (Å²) in [4.78, 5) is 41.2. The number of likely N-dealkylation sites (N-methyl/N-ethyl adjacent to an activating group) is 1. The maximum atomic E-state index is 12.2. The van der Waals surface area contributed by atoms with E-state index in [1.807, 2.05) is 19.1 Å². The molecule has 5 nitrogen and oxygen atoms in total. The lowest BCUT2D eigenvalue weighted by Gasteiger charge is -2.15. The number of fused-ring (bicyclic) bond motifs is 1. The molecule has 0 N–H and O–H groups in total. The van der Waals surface area contributed by atoms with Gasteiger partial charge in [-0.3, -0.25) is 14.4 Å². The molecule has 6 heteroatoms. The third-order valence-corrected chi connectivity index (χ3v) is 4.81. The van der Waals surface area contributed by atoms with E-state index in [9.17, 15) is 14.4 Å². The molecule has 2 rings (SSSR count). The van der Waals surface area contributed by atoms with Crippen LogP contribution in [0.5, 0.6) is 0 Å². The van der Waals surface area contributed by atoms with Crippen molar-refractivity contribution in [3.8, 4) is 0 Å². The van der Waals surface area contributed by atoms with Crippen LogP contribution in [0.1, 0.15) is 36.8 Å². The van der Waals surface area contributed by atoms with Gasteiger partial charge in [-0.05, 0) is 24.6 Å². The number of nitrogens with zero attached hydrogens (tertiary/aromatic N) is 2. The van der Waals surface area contributed by atoms with Crippen molar-refractivity contribution in [3.63, 3.8) is 0 Å². The number of hydrogen-bond donors (Lipinski definition) is 0. The molecule has 0 bridgehead atoms. The van der Waals surface area contributed by atoms with Crippen LogP contribution in [-0.2, 0) is 20.8 Å². The van der Waals surface area contributed by atoms with Gasteiger partial charge < -0.3 is 4.90 Å². The van der Waals surface area contributed by atoms with Crippen LogP contribution in [0, 0.1) is 6.92 Å². The average Bonchev–Trinajstić information content (AvgIpc) is 2.92. The van der Waals surface area contributed by atoms with Gasteiger partial charge in [0, 0.05) is 26.3 Å². The van der Waals surface area contributed by atoms with Gasteiger partial charge in [-0.1, -0.05) is 13.0 Å². The van der Waals surface area contributed by atoms with Gasteiger partial charge in [-0.15, -0.1) is 11.3 Å². The van der Waals surface area contributed by atoms with Gasteiger partial charge in [0.15, 0.2) is 5.78 Å². The Labute approximate surface area is 145 Å². The van der Waals surface area contributed by atoms with Crippen LogP contribution in [0.15, 0.2) is 18.2 Å². The second-order valence-electron chi connectivity index (χ2n) is 5.94. The van der Waals surface area contributed by atoms with E-state index in [4.69, 9.17) is 0 Å². The van der Waals surface area contributed by atoms with Crippen LogP contribution < -0.4 is 0 Å². The molecule has 1 heterocycles. The monoisotopic (exact) mass is 346 g/mol. The van der Waals surface area contributed by atoms with Crippen LogP contribution in [0.25, 0.3) is 10.2 Å². The highest BCUT2D eigenvalue weighted by Gasteiger charge is 2.16. The first-order chi connectivity index (χ1) is 11.4. The zero-order valence-corrected chi connectivity index (χ0v) is 15.1. The Kier molecular flexibility index (Phi) is 6.20. The number of thiazole rings is 1. The maximum absolute atomic E-state index is 12.2. The third kappa shape index (κ3) is 4.96. The topological polar surface area (TPSA) is 67.3 Å². The fourth-order valence-electron chi connectivity index (χ4n) is 2.35. The molecule has 0 saturated heterocycles. The summed E-state index contributed by atoms with van der Waals surface area (Å²) in [5, 5.41) is 0.766. The van der Waals surface area contributed by atoms with Gasteiger partial charge in [0.25, 0.3) is 0 Å². The summed E-state index contributed by atoms with van der Waals surface area (Å²) < 4.78 is 1.07. The zero-order chi connectivity index (χ0) is 17.7. The molecular weight excluding hydrogens is 324 g/mol. The van der Waals surface area contributed by atoms with Crippen molar-refractivity contribution in [2.75, 3.05) is 13.6 Å². The molecule has 0 radical (unpaired) electrons. The van der Waals surface area contributed by atoms with Crippen molar-refractivity contribution in [1.29, 1.82) is 0 Å².